The van der Waals surface area contributed by atoms with E-state index in [2.05, 4.69) is 20.9 Å². The van der Waals surface area contributed by atoms with Crippen LogP contribution in [0.25, 0.3) is 0 Å². The molecule has 1 saturated heterocycles. The zero-order valence-corrected chi connectivity index (χ0v) is 12.7. The fourth-order valence-electron chi connectivity index (χ4n) is 1.83. The van der Waals surface area contributed by atoms with Gasteiger partial charge in [0.05, 0.1) is 16.9 Å². The van der Waals surface area contributed by atoms with Gasteiger partial charge in [-0.15, -0.1) is 0 Å². The molecular formula is C12H18BBrN2O2. The lowest BCUT2D eigenvalue weighted by Gasteiger charge is -2.32. The van der Waals surface area contributed by atoms with Crippen molar-refractivity contribution in [2.45, 2.75) is 45.4 Å². The van der Waals surface area contributed by atoms with Crippen molar-refractivity contribution < 1.29 is 9.31 Å². The lowest BCUT2D eigenvalue weighted by atomic mass is 9.78. The summed E-state index contributed by atoms with van der Waals surface area (Å²) >= 11 is 3.42. The normalized spacial score (nSPS) is 21.3. The van der Waals surface area contributed by atoms with Crippen molar-refractivity contribution in [3.05, 3.63) is 22.4 Å². The van der Waals surface area contributed by atoms with Gasteiger partial charge in [-0.1, -0.05) is 0 Å². The standard InChI is InChI=1S/C12H18BBrN2O2/c1-11(2)12(3,4)18-13(17-11)9-5-8(14)7-16-10(9)6-15/h5,7H,6,15H2,1-4H3. The van der Waals surface area contributed by atoms with E-state index in [4.69, 9.17) is 15.0 Å². The van der Waals surface area contributed by atoms with E-state index in [1.54, 1.807) is 6.20 Å². The van der Waals surface area contributed by atoms with E-state index in [-0.39, 0.29) is 11.2 Å². The molecule has 0 bridgehead atoms. The molecule has 0 radical (unpaired) electrons. The van der Waals surface area contributed by atoms with E-state index in [0.29, 0.717) is 6.54 Å². The fourth-order valence-corrected chi connectivity index (χ4v) is 2.18. The predicted molar refractivity (Wildman–Crippen MR) is 75.5 cm³/mol. The zero-order valence-electron chi connectivity index (χ0n) is 11.2. The highest BCUT2D eigenvalue weighted by Gasteiger charge is 2.52. The molecule has 6 heteroatoms. The fraction of sp³-hybridized carbons (Fsp3) is 0.583. The number of nitrogens with two attached hydrogens (primary N) is 1. The highest BCUT2D eigenvalue weighted by Crippen LogP contribution is 2.36. The molecule has 1 aromatic heterocycles. The van der Waals surface area contributed by atoms with Crippen molar-refractivity contribution in [1.29, 1.82) is 0 Å². The van der Waals surface area contributed by atoms with Crippen LogP contribution in [-0.4, -0.2) is 23.3 Å². The van der Waals surface area contributed by atoms with Gasteiger partial charge in [0.2, 0.25) is 0 Å². The van der Waals surface area contributed by atoms with E-state index in [1.165, 1.54) is 0 Å². The molecule has 1 aliphatic rings. The van der Waals surface area contributed by atoms with Gasteiger partial charge in [0.1, 0.15) is 0 Å². The highest BCUT2D eigenvalue weighted by molar-refractivity contribution is 9.10. The predicted octanol–water partition coefficient (Wildman–Crippen LogP) is 1.60. The summed E-state index contributed by atoms with van der Waals surface area (Å²) in [5, 5.41) is 0. The minimum atomic E-state index is -0.418. The summed E-state index contributed by atoms with van der Waals surface area (Å²) in [6.45, 7) is 8.48. The summed E-state index contributed by atoms with van der Waals surface area (Å²) in [5.41, 5.74) is 6.70. The van der Waals surface area contributed by atoms with Crippen molar-refractivity contribution in [2.24, 2.45) is 5.73 Å². The summed E-state index contributed by atoms with van der Waals surface area (Å²) in [6.07, 6.45) is 1.73. The first kappa shape index (κ1) is 14.0. The van der Waals surface area contributed by atoms with Gasteiger partial charge in [0.25, 0.3) is 0 Å². The van der Waals surface area contributed by atoms with Gasteiger partial charge in [-0.3, -0.25) is 4.98 Å². The lowest BCUT2D eigenvalue weighted by Crippen LogP contribution is -2.41. The Morgan fingerprint density at radius 1 is 1.28 bits per heavy atom. The van der Waals surface area contributed by atoms with Crippen molar-refractivity contribution >= 4 is 28.5 Å². The molecule has 0 spiro atoms. The van der Waals surface area contributed by atoms with E-state index in [1.807, 2.05) is 33.8 Å². The Labute approximate surface area is 117 Å². The SMILES string of the molecule is CC1(C)OB(c2cc(Br)cnc2CN)OC1(C)C. The second kappa shape index (κ2) is 4.60. The van der Waals surface area contributed by atoms with Gasteiger partial charge in [-0.25, -0.2) is 0 Å². The second-order valence-corrected chi connectivity index (χ2v) is 6.40. The van der Waals surface area contributed by atoms with Crippen LogP contribution < -0.4 is 11.2 Å². The molecule has 18 heavy (non-hydrogen) atoms. The topological polar surface area (TPSA) is 57.4 Å². The van der Waals surface area contributed by atoms with Gasteiger partial charge in [0, 0.05) is 22.7 Å². The number of halogens is 1. The Morgan fingerprint density at radius 2 is 1.83 bits per heavy atom. The Hall–Kier alpha value is -0.425. The first-order valence-corrected chi connectivity index (χ1v) is 6.76. The van der Waals surface area contributed by atoms with Crippen LogP contribution in [0.4, 0.5) is 0 Å². The third-order valence-electron chi connectivity index (χ3n) is 3.67. The van der Waals surface area contributed by atoms with Crippen LogP contribution in [0, 0.1) is 0 Å². The number of aromatic nitrogens is 1. The van der Waals surface area contributed by atoms with Crippen LogP contribution in [0.15, 0.2) is 16.7 Å². The van der Waals surface area contributed by atoms with Gasteiger partial charge >= 0.3 is 7.12 Å². The maximum atomic E-state index is 6.01. The molecule has 1 aliphatic heterocycles. The van der Waals surface area contributed by atoms with Crippen LogP contribution in [0.3, 0.4) is 0 Å². The zero-order chi connectivity index (χ0) is 13.6. The van der Waals surface area contributed by atoms with Gasteiger partial charge in [-0.05, 0) is 49.7 Å². The Kier molecular flexibility index (Phi) is 3.57. The lowest BCUT2D eigenvalue weighted by molar-refractivity contribution is 0.00578. The summed E-state index contributed by atoms with van der Waals surface area (Å²) in [6, 6.07) is 1.96. The van der Waals surface area contributed by atoms with E-state index in [9.17, 15) is 0 Å². The number of hydrogen-bond acceptors (Lipinski definition) is 4. The van der Waals surface area contributed by atoms with Gasteiger partial charge in [0.15, 0.2) is 0 Å². The summed E-state index contributed by atoms with van der Waals surface area (Å²) < 4.78 is 12.9. The molecule has 1 fully saturated rings. The molecular weight excluding hydrogens is 295 g/mol. The summed E-state index contributed by atoms with van der Waals surface area (Å²) in [5.74, 6) is 0. The molecule has 0 unspecified atom stereocenters. The van der Waals surface area contributed by atoms with Gasteiger partial charge < -0.3 is 15.0 Å². The quantitative estimate of drug-likeness (QED) is 0.843. The maximum absolute atomic E-state index is 6.01. The van der Waals surface area contributed by atoms with Crippen molar-refractivity contribution in [1.82, 2.24) is 4.98 Å². The van der Waals surface area contributed by atoms with Crippen molar-refractivity contribution in [3.8, 4) is 0 Å². The van der Waals surface area contributed by atoms with Crippen LogP contribution in [-0.2, 0) is 15.9 Å². The molecule has 98 valence electrons. The number of nitrogens with zero attached hydrogens (tertiary/aromatic N) is 1. The Bertz CT molecular complexity index is 449. The van der Waals surface area contributed by atoms with Gasteiger partial charge in [-0.2, -0.15) is 0 Å². The molecule has 4 nitrogen and oxygen atoms in total. The van der Waals surface area contributed by atoms with E-state index >= 15 is 0 Å². The third-order valence-corrected chi connectivity index (χ3v) is 4.10. The number of hydrogen-bond donors (Lipinski definition) is 1. The molecule has 0 aliphatic carbocycles. The number of pyridine rings is 1. The first-order chi connectivity index (χ1) is 8.27. The molecule has 0 atom stereocenters. The third kappa shape index (κ3) is 2.34. The van der Waals surface area contributed by atoms with Crippen LogP contribution in [0.2, 0.25) is 0 Å². The summed E-state index contributed by atoms with van der Waals surface area (Å²) in [4.78, 5) is 4.30. The Morgan fingerprint density at radius 3 is 2.33 bits per heavy atom. The first-order valence-electron chi connectivity index (χ1n) is 5.97. The molecule has 0 saturated carbocycles. The van der Waals surface area contributed by atoms with Crippen molar-refractivity contribution in [2.75, 3.05) is 0 Å². The number of rotatable bonds is 2. The second-order valence-electron chi connectivity index (χ2n) is 5.48. The maximum Gasteiger partial charge on any atom is 0.496 e. The molecule has 0 aromatic carbocycles. The van der Waals surface area contributed by atoms with E-state index in [0.717, 1.165) is 15.6 Å². The van der Waals surface area contributed by atoms with E-state index < -0.39 is 7.12 Å². The van der Waals surface area contributed by atoms with Crippen molar-refractivity contribution in [3.63, 3.8) is 0 Å². The minimum absolute atomic E-state index is 0.355. The summed E-state index contributed by atoms with van der Waals surface area (Å²) in [7, 11) is -0.418. The Balaban J connectivity index is 2.37. The highest BCUT2D eigenvalue weighted by atomic mass is 79.9. The molecule has 0 amide bonds. The van der Waals surface area contributed by atoms with Crippen LogP contribution in [0.1, 0.15) is 33.4 Å². The largest absolute Gasteiger partial charge is 0.496 e. The van der Waals surface area contributed by atoms with Crippen LogP contribution in [0.5, 0.6) is 0 Å². The molecule has 2 rings (SSSR count). The smallest absolute Gasteiger partial charge is 0.399 e. The monoisotopic (exact) mass is 312 g/mol. The average molecular weight is 313 g/mol. The average Bonchev–Trinajstić information content (AvgIpc) is 2.48. The molecule has 2 heterocycles. The minimum Gasteiger partial charge on any atom is -0.399 e. The van der Waals surface area contributed by atoms with Crippen LogP contribution >= 0.6 is 15.9 Å². The molecule has 1 aromatic rings. The molecule has 2 N–H and O–H groups in total.